The molecule has 0 radical (unpaired) electrons. The summed E-state index contributed by atoms with van der Waals surface area (Å²) in [6.07, 6.45) is 2.18. The Morgan fingerprint density at radius 3 is 1.72 bits per heavy atom. The number of aryl methyl sites for hydroxylation is 1. The summed E-state index contributed by atoms with van der Waals surface area (Å²) in [5.41, 5.74) is 4.02. The van der Waals surface area contributed by atoms with Crippen molar-refractivity contribution < 1.29 is 18.9 Å². The van der Waals surface area contributed by atoms with Gasteiger partial charge in [-0.2, -0.15) is 0 Å². The summed E-state index contributed by atoms with van der Waals surface area (Å²) in [6, 6.07) is 14.7. The van der Waals surface area contributed by atoms with Crippen LogP contribution in [0.2, 0.25) is 0 Å². The van der Waals surface area contributed by atoms with E-state index in [1.807, 2.05) is 0 Å². The number of benzene rings is 2. The molecule has 4 heteroatoms. The highest BCUT2D eigenvalue weighted by molar-refractivity contribution is 5.68. The van der Waals surface area contributed by atoms with Gasteiger partial charge >= 0.3 is 0 Å². The molecule has 0 N–H and O–H groups in total. The molecule has 156 valence electrons. The van der Waals surface area contributed by atoms with Crippen molar-refractivity contribution in [2.75, 3.05) is 39.6 Å². The topological polar surface area (TPSA) is 36.9 Å². The van der Waals surface area contributed by atoms with E-state index in [1.165, 1.54) is 16.7 Å². The van der Waals surface area contributed by atoms with Gasteiger partial charge in [0.05, 0.1) is 50.5 Å². The molecule has 0 bridgehead atoms. The van der Waals surface area contributed by atoms with E-state index >= 15 is 0 Å². The molecule has 0 amide bonds. The van der Waals surface area contributed by atoms with Crippen molar-refractivity contribution in [1.29, 1.82) is 0 Å². The van der Waals surface area contributed by atoms with Crippen LogP contribution in [0.15, 0.2) is 42.5 Å². The Morgan fingerprint density at radius 2 is 1.28 bits per heavy atom. The molecule has 2 fully saturated rings. The Bertz CT molecular complexity index is 808. The van der Waals surface area contributed by atoms with Crippen molar-refractivity contribution in [2.45, 2.75) is 33.6 Å². The highest BCUT2D eigenvalue weighted by Crippen LogP contribution is 2.34. The zero-order valence-electron chi connectivity index (χ0n) is 17.8. The normalized spacial score (nSPS) is 19.1. The molecule has 0 unspecified atom stereocenters. The monoisotopic (exact) mass is 396 g/mol. The van der Waals surface area contributed by atoms with Crippen LogP contribution >= 0.6 is 0 Å². The van der Waals surface area contributed by atoms with Crippen molar-refractivity contribution in [3.05, 3.63) is 48.0 Å². The van der Waals surface area contributed by atoms with Gasteiger partial charge in [0.15, 0.2) is 0 Å². The molecule has 2 aromatic carbocycles. The predicted octanol–water partition coefficient (Wildman–Crippen LogP) is 5.27. The van der Waals surface area contributed by atoms with E-state index in [1.54, 1.807) is 0 Å². The van der Waals surface area contributed by atoms with Crippen LogP contribution in [0.3, 0.4) is 0 Å². The van der Waals surface area contributed by atoms with Crippen molar-refractivity contribution in [3.63, 3.8) is 0 Å². The maximum Gasteiger partial charge on any atom is 0.119 e. The zero-order chi connectivity index (χ0) is 20.3. The fourth-order valence-electron chi connectivity index (χ4n) is 3.81. The van der Waals surface area contributed by atoms with E-state index in [2.05, 4.69) is 63.2 Å². The van der Waals surface area contributed by atoms with Crippen molar-refractivity contribution in [3.8, 4) is 22.6 Å². The second kappa shape index (κ2) is 8.37. The maximum atomic E-state index is 6.08. The molecule has 2 aromatic rings. The molecular formula is C25H32O4. The molecule has 2 aliphatic heterocycles. The van der Waals surface area contributed by atoms with Gasteiger partial charge in [0.2, 0.25) is 0 Å². The predicted molar refractivity (Wildman–Crippen MR) is 115 cm³/mol. The first-order chi connectivity index (χ1) is 14.1. The highest BCUT2D eigenvalue weighted by atomic mass is 16.5. The van der Waals surface area contributed by atoms with E-state index in [0.29, 0.717) is 0 Å². The minimum atomic E-state index is 0.199. The van der Waals surface area contributed by atoms with E-state index in [-0.39, 0.29) is 10.8 Å². The number of ether oxygens (including phenoxy) is 4. The molecule has 0 saturated carbocycles. The summed E-state index contributed by atoms with van der Waals surface area (Å²) >= 11 is 0. The zero-order valence-corrected chi connectivity index (χ0v) is 17.8. The van der Waals surface area contributed by atoms with Gasteiger partial charge in [-0.1, -0.05) is 32.0 Å². The fourth-order valence-corrected chi connectivity index (χ4v) is 3.81. The summed E-state index contributed by atoms with van der Waals surface area (Å²) < 4.78 is 22.9. The van der Waals surface area contributed by atoms with Crippen molar-refractivity contribution in [1.82, 2.24) is 0 Å². The van der Waals surface area contributed by atoms with Crippen LogP contribution in [0.25, 0.3) is 11.1 Å². The van der Waals surface area contributed by atoms with E-state index < -0.39 is 0 Å². The summed E-state index contributed by atoms with van der Waals surface area (Å²) in [5.74, 6) is 1.84. The standard InChI is InChI=1S/C25H32O4/c1-4-24(13-26-14-24)17-28-21-8-6-20(7-9-21)23-11-10-22(12-19(23)3)29-18-25(5-2)15-27-16-25/h6-12H,4-5,13-18H2,1-3H3. The van der Waals surface area contributed by atoms with Crippen LogP contribution in [-0.2, 0) is 9.47 Å². The molecular weight excluding hydrogens is 364 g/mol. The van der Waals surface area contributed by atoms with Crippen molar-refractivity contribution in [2.24, 2.45) is 10.8 Å². The van der Waals surface area contributed by atoms with Gasteiger partial charge in [-0.3, -0.25) is 0 Å². The molecule has 4 nitrogen and oxygen atoms in total. The van der Waals surface area contributed by atoms with Gasteiger partial charge in [0, 0.05) is 0 Å². The van der Waals surface area contributed by atoms with Gasteiger partial charge in [-0.15, -0.1) is 0 Å². The van der Waals surface area contributed by atoms with Gasteiger partial charge in [-0.05, 0) is 60.7 Å². The first kappa shape index (κ1) is 20.2. The lowest BCUT2D eigenvalue weighted by Crippen LogP contribution is -2.46. The van der Waals surface area contributed by atoms with E-state index in [0.717, 1.165) is 64.0 Å². The molecule has 2 aliphatic rings. The Labute approximate surface area is 174 Å². The molecule has 0 aromatic heterocycles. The Kier molecular flexibility index (Phi) is 5.84. The summed E-state index contributed by atoms with van der Waals surface area (Å²) in [4.78, 5) is 0. The fraction of sp³-hybridized carbons (Fsp3) is 0.520. The average Bonchev–Trinajstić information content (AvgIpc) is 2.68. The Hall–Kier alpha value is -2.04. The SMILES string of the molecule is CCC1(COc2ccc(-c3ccc(OCC4(CC)COC4)cc3C)cc2)COC1. The minimum Gasteiger partial charge on any atom is -0.493 e. The maximum absolute atomic E-state index is 6.08. The average molecular weight is 397 g/mol. The molecule has 4 rings (SSSR count). The van der Waals surface area contributed by atoms with E-state index in [4.69, 9.17) is 18.9 Å². The second-order valence-corrected chi connectivity index (χ2v) is 8.77. The quantitative estimate of drug-likeness (QED) is 0.578. The van der Waals surface area contributed by atoms with E-state index in [9.17, 15) is 0 Å². The largest absolute Gasteiger partial charge is 0.493 e. The van der Waals surface area contributed by atoms with Crippen molar-refractivity contribution >= 4 is 0 Å². The van der Waals surface area contributed by atoms with Gasteiger partial charge < -0.3 is 18.9 Å². The third-order valence-electron chi connectivity index (χ3n) is 6.59. The molecule has 0 atom stereocenters. The number of hydrogen-bond acceptors (Lipinski definition) is 4. The van der Waals surface area contributed by atoms with Crippen LogP contribution in [0, 0.1) is 17.8 Å². The lowest BCUT2D eigenvalue weighted by atomic mass is 9.84. The Morgan fingerprint density at radius 1 is 0.759 bits per heavy atom. The summed E-state index contributed by atoms with van der Waals surface area (Å²) in [7, 11) is 0. The smallest absolute Gasteiger partial charge is 0.119 e. The molecule has 2 heterocycles. The third kappa shape index (κ3) is 4.29. The summed E-state index contributed by atoms with van der Waals surface area (Å²) in [5, 5.41) is 0. The molecule has 0 aliphatic carbocycles. The molecule has 0 spiro atoms. The summed E-state index contributed by atoms with van der Waals surface area (Å²) in [6.45, 7) is 11.2. The first-order valence-electron chi connectivity index (χ1n) is 10.7. The number of hydrogen-bond donors (Lipinski definition) is 0. The third-order valence-corrected chi connectivity index (χ3v) is 6.59. The lowest BCUT2D eigenvalue weighted by Gasteiger charge is -2.40. The van der Waals surface area contributed by atoms with Crippen LogP contribution in [0.4, 0.5) is 0 Å². The molecule has 29 heavy (non-hydrogen) atoms. The second-order valence-electron chi connectivity index (χ2n) is 8.77. The van der Waals surface area contributed by atoms with Gasteiger partial charge in [0.25, 0.3) is 0 Å². The van der Waals surface area contributed by atoms with Crippen LogP contribution in [0.5, 0.6) is 11.5 Å². The minimum absolute atomic E-state index is 0.199. The van der Waals surface area contributed by atoms with Gasteiger partial charge in [-0.25, -0.2) is 0 Å². The van der Waals surface area contributed by atoms with Crippen LogP contribution in [-0.4, -0.2) is 39.6 Å². The highest BCUT2D eigenvalue weighted by Gasteiger charge is 2.38. The van der Waals surface area contributed by atoms with Crippen LogP contribution < -0.4 is 9.47 Å². The Balaban J connectivity index is 1.37. The van der Waals surface area contributed by atoms with Crippen LogP contribution in [0.1, 0.15) is 32.3 Å². The lowest BCUT2D eigenvalue weighted by molar-refractivity contribution is -0.133. The molecule has 2 saturated heterocycles. The van der Waals surface area contributed by atoms with Gasteiger partial charge in [0.1, 0.15) is 11.5 Å². The first-order valence-corrected chi connectivity index (χ1v) is 10.7. The number of rotatable bonds is 9.